The molecule has 0 fully saturated rings. The number of nitrogens with one attached hydrogen (secondary N) is 1. The second-order valence-corrected chi connectivity index (χ2v) is 5.16. The van der Waals surface area contributed by atoms with E-state index in [0.717, 1.165) is 12.0 Å². The van der Waals surface area contributed by atoms with Crippen LogP contribution in [0.5, 0.6) is 5.75 Å². The second kappa shape index (κ2) is 8.25. The molecule has 1 amide bonds. The van der Waals surface area contributed by atoms with E-state index < -0.39 is 0 Å². The van der Waals surface area contributed by atoms with Gasteiger partial charge in [-0.2, -0.15) is 0 Å². The zero-order chi connectivity index (χ0) is 15.8. The Balaban J connectivity index is 2.01. The van der Waals surface area contributed by atoms with E-state index in [9.17, 15) is 4.79 Å². The van der Waals surface area contributed by atoms with Crippen LogP contribution >= 0.6 is 11.6 Å². The Morgan fingerprint density at radius 3 is 2.64 bits per heavy atom. The van der Waals surface area contributed by atoms with Gasteiger partial charge < -0.3 is 10.1 Å². The van der Waals surface area contributed by atoms with Gasteiger partial charge in [-0.3, -0.25) is 4.79 Å². The minimum Gasteiger partial charge on any atom is -0.491 e. The third-order valence-electron chi connectivity index (χ3n) is 2.90. The van der Waals surface area contributed by atoms with Crippen molar-refractivity contribution >= 4 is 29.3 Å². The second-order valence-electron chi connectivity index (χ2n) is 4.72. The fraction of sp³-hybridized carbons (Fsp3) is 0.167. The van der Waals surface area contributed by atoms with Crippen LogP contribution in [0.25, 0.3) is 6.08 Å². The van der Waals surface area contributed by atoms with Gasteiger partial charge in [0.2, 0.25) is 5.91 Å². The van der Waals surface area contributed by atoms with Crippen molar-refractivity contribution in [1.29, 1.82) is 0 Å². The number of para-hydroxylation sites is 2. The summed E-state index contributed by atoms with van der Waals surface area (Å²) >= 11 is 5.82. The van der Waals surface area contributed by atoms with Crippen molar-refractivity contribution in [3.63, 3.8) is 0 Å². The molecule has 0 aromatic heterocycles. The quantitative estimate of drug-likeness (QED) is 0.779. The molecule has 0 bridgehead atoms. The fourth-order valence-electron chi connectivity index (χ4n) is 1.83. The van der Waals surface area contributed by atoms with Gasteiger partial charge in [-0.15, -0.1) is 0 Å². The Morgan fingerprint density at radius 1 is 1.18 bits per heavy atom. The summed E-state index contributed by atoms with van der Waals surface area (Å²) in [6, 6.07) is 14.7. The summed E-state index contributed by atoms with van der Waals surface area (Å²) in [7, 11) is 0. The summed E-state index contributed by atoms with van der Waals surface area (Å²) in [5, 5.41) is 3.49. The van der Waals surface area contributed by atoms with Gasteiger partial charge >= 0.3 is 0 Å². The molecular weight excluding hydrogens is 298 g/mol. The van der Waals surface area contributed by atoms with Crippen LogP contribution in [0.3, 0.4) is 0 Å². The molecular formula is C18H18ClNO2. The SMILES string of the molecule is CCCOc1ccccc1NC(=O)/C=C/c1ccc(Cl)cc1. The molecule has 0 aliphatic rings. The highest BCUT2D eigenvalue weighted by molar-refractivity contribution is 6.30. The molecule has 2 rings (SSSR count). The molecule has 0 heterocycles. The van der Waals surface area contributed by atoms with Crippen LogP contribution in [0, 0.1) is 0 Å². The molecule has 0 saturated heterocycles. The minimum atomic E-state index is -0.206. The normalized spacial score (nSPS) is 10.6. The van der Waals surface area contributed by atoms with Crippen molar-refractivity contribution in [2.24, 2.45) is 0 Å². The smallest absolute Gasteiger partial charge is 0.248 e. The van der Waals surface area contributed by atoms with Crippen molar-refractivity contribution in [3.05, 3.63) is 65.2 Å². The zero-order valence-corrected chi connectivity index (χ0v) is 13.1. The standard InChI is InChI=1S/C18H18ClNO2/c1-2-13-22-17-6-4-3-5-16(17)20-18(21)12-9-14-7-10-15(19)11-8-14/h3-12H,2,13H2,1H3,(H,20,21)/b12-9+. The molecule has 2 aromatic rings. The summed E-state index contributed by atoms with van der Waals surface area (Å²) in [5.74, 6) is 0.472. The summed E-state index contributed by atoms with van der Waals surface area (Å²) in [6.07, 6.45) is 4.14. The molecule has 0 aliphatic carbocycles. The Hall–Kier alpha value is -2.26. The van der Waals surface area contributed by atoms with Crippen LogP contribution in [-0.2, 0) is 4.79 Å². The molecule has 3 nitrogen and oxygen atoms in total. The van der Waals surface area contributed by atoms with E-state index in [1.54, 1.807) is 18.2 Å². The lowest BCUT2D eigenvalue weighted by molar-refractivity contribution is -0.111. The first-order valence-electron chi connectivity index (χ1n) is 7.15. The number of rotatable bonds is 6. The van der Waals surface area contributed by atoms with Crippen molar-refractivity contribution < 1.29 is 9.53 Å². The van der Waals surface area contributed by atoms with Crippen LogP contribution < -0.4 is 10.1 Å². The summed E-state index contributed by atoms with van der Waals surface area (Å²) < 4.78 is 5.61. The number of anilines is 1. The van der Waals surface area contributed by atoms with Gasteiger partial charge in [-0.05, 0) is 42.3 Å². The molecule has 0 aliphatic heterocycles. The van der Waals surface area contributed by atoms with Crippen LogP contribution in [-0.4, -0.2) is 12.5 Å². The molecule has 114 valence electrons. The third-order valence-corrected chi connectivity index (χ3v) is 3.16. The van der Waals surface area contributed by atoms with E-state index in [0.29, 0.717) is 23.1 Å². The van der Waals surface area contributed by atoms with Crippen LogP contribution in [0.2, 0.25) is 5.02 Å². The van der Waals surface area contributed by atoms with E-state index in [2.05, 4.69) is 5.32 Å². The molecule has 0 spiro atoms. The average molecular weight is 316 g/mol. The van der Waals surface area contributed by atoms with E-state index in [4.69, 9.17) is 16.3 Å². The fourth-order valence-corrected chi connectivity index (χ4v) is 1.95. The Kier molecular flexibility index (Phi) is 6.04. The van der Waals surface area contributed by atoms with Crippen LogP contribution in [0.15, 0.2) is 54.6 Å². The summed E-state index contributed by atoms with van der Waals surface area (Å²) in [4.78, 5) is 12.0. The molecule has 22 heavy (non-hydrogen) atoms. The number of ether oxygens (including phenoxy) is 1. The van der Waals surface area contributed by atoms with Crippen molar-refractivity contribution in [1.82, 2.24) is 0 Å². The molecule has 4 heteroatoms. The predicted molar refractivity (Wildman–Crippen MR) is 91.3 cm³/mol. The predicted octanol–water partition coefficient (Wildman–Crippen LogP) is 4.78. The highest BCUT2D eigenvalue weighted by atomic mass is 35.5. The molecule has 0 saturated carbocycles. The maximum absolute atomic E-state index is 12.0. The topological polar surface area (TPSA) is 38.3 Å². The van der Waals surface area contributed by atoms with E-state index in [1.165, 1.54) is 6.08 Å². The van der Waals surface area contributed by atoms with Gasteiger partial charge in [0.05, 0.1) is 12.3 Å². The number of hydrogen-bond acceptors (Lipinski definition) is 2. The lowest BCUT2D eigenvalue weighted by Crippen LogP contribution is -2.09. The zero-order valence-electron chi connectivity index (χ0n) is 12.4. The molecule has 1 N–H and O–H groups in total. The molecule has 0 radical (unpaired) electrons. The van der Waals surface area contributed by atoms with Crippen LogP contribution in [0.1, 0.15) is 18.9 Å². The number of hydrogen-bond donors (Lipinski definition) is 1. The van der Waals surface area contributed by atoms with E-state index in [1.807, 2.05) is 43.3 Å². The largest absolute Gasteiger partial charge is 0.491 e. The van der Waals surface area contributed by atoms with Gasteiger partial charge in [-0.25, -0.2) is 0 Å². The molecule has 0 atom stereocenters. The monoisotopic (exact) mass is 315 g/mol. The lowest BCUT2D eigenvalue weighted by atomic mass is 10.2. The number of amides is 1. The Bertz CT molecular complexity index is 650. The highest BCUT2D eigenvalue weighted by Gasteiger charge is 2.04. The van der Waals surface area contributed by atoms with E-state index >= 15 is 0 Å². The van der Waals surface area contributed by atoms with Gasteiger partial charge in [0.25, 0.3) is 0 Å². The number of carbonyl (C=O) groups is 1. The van der Waals surface area contributed by atoms with Crippen LogP contribution in [0.4, 0.5) is 5.69 Å². The Morgan fingerprint density at radius 2 is 1.91 bits per heavy atom. The Labute approximate surface area is 135 Å². The van der Waals surface area contributed by atoms with E-state index in [-0.39, 0.29) is 5.91 Å². The average Bonchev–Trinajstić information content (AvgIpc) is 2.53. The number of halogens is 1. The van der Waals surface area contributed by atoms with Gasteiger partial charge in [0, 0.05) is 11.1 Å². The number of carbonyl (C=O) groups excluding carboxylic acids is 1. The maximum atomic E-state index is 12.0. The van der Waals surface area contributed by atoms with Gasteiger partial charge in [0.1, 0.15) is 5.75 Å². The van der Waals surface area contributed by atoms with Gasteiger partial charge in [-0.1, -0.05) is 42.8 Å². The summed E-state index contributed by atoms with van der Waals surface area (Å²) in [6.45, 7) is 2.66. The van der Waals surface area contributed by atoms with Crippen molar-refractivity contribution in [2.75, 3.05) is 11.9 Å². The number of benzene rings is 2. The first kappa shape index (κ1) is 16.1. The molecule has 0 unspecified atom stereocenters. The first-order chi connectivity index (χ1) is 10.7. The first-order valence-corrected chi connectivity index (χ1v) is 7.53. The summed E-state index contributed by atoms with van der Waals surface area (Å²) in [5.41, 5.74) is 1.58. The highest BCUT2D eigenvalue weighted by Crippen LogP contribution is 2.23. The van der Waals surface area contributed by atoms with Crippen molar-refractivity contribution in [2.45, 2.75) is 13.3 Å². The lowest BCUT2D eigenvalue weighted by Gasteiger charge is -2.10. The maximum Gasteiger partial charge on any atom is 0.248 e. The molecule has 2 aromatic carbocycles. The minimum absolute atomic E-state index is 0.206. The van der Waals surface area contributed by atoms with Crippen molar-refractivity contribution in [3.8, 4) is 5.75 Å². The third kappa shape index (κ3) is 4.93. The van der Waals surface area contributed by atoms with Gasteiger partial charge in [0.15, 0.2) is 0 Å².